The summed E-state index contributed by atoms with van der Waals surface area (Å²) in [6, 6.07) is 12.7. The number of aromatic nitrogens is 1. The molecule has 1 N–H and O–H groups in total. The number of carbonyl (C=O) groups excluding carboxylic acids is 3. The molecule has 2 aromatic carbocycles. The third-order valence-electron chi connectivity index (χ3n) is 4.74. The Kier molecular flexibility index (Phi) is 5.29. The molecule has 30 heavy (non-hydrogen) atoms. The number of nitrogens with zero attached hydrogens (tertiary/aromatic N) is 1. The molecule has 0 spiro atoms. The van der Waals surface area contributed by atoms with Crippen LogP contribution in [0, 0.1) is 0 Å². The zero-order valence-corrected chi connectivity index (χ0v) is 16.7. The number of rotatable bonds is 6. The van der Waals surface area contributed by atoms with Gasteiger partial charge in [0, 0.05) is 35.3 Å². The first-order valence-electron chi connectivity index (χ1n) is 9.09. The number of fused-ring (bicyclic) bond motifs is 1. The van der Waals surface area contributed by atoms with Gasteiger partial charge in [-0.05, 0) is 29.8 Å². The molecule has 1 amide bonds. The van der Waals surface area contributed by atoms with E-state index in [0.717, 1.165) is 17.2 Å². The quantitative estimate of drug-likeness (QED) is 0.373. The minimum Gasteiger partial charge on any atom is -0.497 e. The molecular formula is C22H17ClN2O5. The number of cyclic esters (lactones) is 1. The number of esters is 1. The minimum absolute atomic E-state index is 0.0621. The molecule has 4 rings (SSSR count). The van der Waals surface area contributed by atoms with Crippen molar-refractivity contribution in [3.63, 3.8) is 0 Å². The Bertz CT molecular complexity index is 1190. The largest absolute Gasteiger partial charge is 0.497 e. The fourth-order valence-electron chi connectivity index (χ4n) is 3.27. The summed E-state index contributed by atoms with van der Waals surface area (Å²) in [6.45, 7) is 0.413. The Balaban J connectivity index is 1.69. The van der Waals surface area contributed by atoms with Gasteiger partial charge >= 0.3 is 5.97 Å². The fraction of sp³-hybridized carbons (Fsp3) is 0.136. The average Bonchev–Trinajstić information content (AvgIpc) is 3.32. The third-order valence-corrected chi connectivity index (χ3v) is 4.99. The van der Waals surface area contributed by atoms with Crippen LogP contribution in [0.2, 0.25) is 5.02 Å². The molecule has 3 aromatic rings. The van der Waals surface area contributed by atoms with E-state index < -0.39 is 17.7 Å². The van der Waals surface area contributed by atoms with Gasteiger partial charge in [0.1, 0.15) is 12.4 Å². The molecule has 0 aliphatic carbocycles. The zero-order valence-electron chi connectivity index (χ0n) is 16.0. The Morgan fingerprint density at radius 2 is 1.97 bits per heavy atom. The highest BCUT2D eigenvalue weighted by atomic mass is 35.5. The average molecular weight is 425 g/mol. The number of nitrogens with one attached hydrogen (secondary N) is 1. The lowest BCUT2D eigenvalue weighted by Crippen LogP contribution is -2.31. The van der Waals surface area contributed by atoms with Crippen LogP contribution >= 0.6 is 11.6 Å². The number of hydrogen-bond acceptors (Lipinski definition) is 5. The van der Waals surface area contributed by atoms with Gasteiger partial charge in [0.2, 0.25) is 0 Å². The first-order valence-corrected chi connectivity index (χ1v) is 9.47. The van der Waals surface area contributed by atoms with Crippen molar-refractivity contribution in [3.8, 4) is 5.75 Å². The van der Waals surface area contributed by atoms with Gasteiger partial charge in [0.05, 0.1) is 23.9 Å². The number of carbonyl (C=O) groups is 3. The van der Waals surface area contributed by atoms with Crippen LogP contribution in [-0.2, 0) is 20.9 Å². The molecule has 1 aliphatic heterocycles. The molecular weight excluding hydrogens is 408 g/mol. The molecule has 0 unspecified atom stereocenters. The molecule has 0 saturated heterocycles. The van der Waals surface area contributed by atoms with Crippen molar-refractivity contribution in [1.29, 1.82) is 0 Å². The van der Waals surface area contributed by atoms with Crippen molar-refractivity contribution in [1.82, 2.24) is 9.88 Å². The lowest BCUT2D eigenvalue weighted by atomic mass is 10.1. The minimum atomic E-state index is -0.832. The van der Waals surface area contributed by atoms with Gasteiger partial charge in [0.25, 0.3) is 11.7 Å². The summed E-state index contributed by atoms with van der Waals surface area (Å²) in [7, 11) is 1.56. The van der Waals surface area contributed by atoms with Crippen LogP contribution in [-0.4, -0.2) is 35.9 Å². The van der Waals surface area contributed by atoms with E-state index in [0.29, 0.717) is 22.7 Å². The summed E-state index contributed by atoms with van der Waals surface area (Å²) in [4.78, 5) is 36.5. The number of benzene rings is 2. The molecule has 8 heteroatoms. The van der Waals surface area contributed by atoms with Crippen LogP contribution in [0.3, 0.4) is 0 Å². The molecule has 0 atom stereocenters. The highest BCUT2D eigenvalue weighted by Gasteiger charge is 2.24. The van der Waals surface area contributed by atoms with Crippen LogP contribution in [0.4, 0.5) is 0 Å². The van der Waals surface area contributed by atoms with Crippen molar-refractivity contribution < 1.29 is 23.9 Å². The molecule has 2 heterocycles. The van der Waals surface area contributed by atoms with Crippen LogP contribution in [0.15, 0.2) is 60.4 Å². The molecule has 0 radical (unpaired) electrons. The highest BCUT2D eigenvalue weighted by Crippen LogP contribution is 2.27. The molecule has 152 valence electrons. The lowest BCUT2D eigenvalue weighted by Gasteiger charge is -2.07. The number of hydrogen-bond donors (Lipinski definition) is 1. The van der Waals surface area contributed by atoms with E-state index >= 15 is 0 Å². The van der Waals surface area contributed by atoms with Crippen molar-refractivity contribution in [2.45, 2.75) is 6.54 Å². The number of amides is 1. The molecule has 0 saturated carbocycles. The van der Waals surface area contributed by atoms with Gasteiger partial charge in [-0.1, -0.05) is 23.7 Å². The van der Waals surface area contributed by atoms with E-state index in [1.165, 1.54) is 0 Å². The summed E-state index contributed by atoms with van der Waals surface area (Å²) >= 11 is 5.96. The summed E-state index contributed by atoms with van der Waals surface area (Å²) in [5.41, 5.74) is 2.24. The predicted octanol–water partition coefficient (Wildman–Crippen LogP) is 3.09. The Labute approximate surface area is 176 Å². The SMILES string of the molecule is COc1ccc2c(C(=O)C(=O)NC3=CC(=O)OC3)cn(Cc3ccc(Cl)cc3)c2c1. The van der Waals surface area contributed by atoms with Crippen molar-refractivity contribution in [3.05, 3.63) is 76.6 Å². The Morgan fingerprint density at radius 3 is 2.63 bits per heavy atom. The third kappa shape index (κ3) is 3.92. The lowest BCUT2D eigenvalue weighted by molar-refractivity contribution is -0.135. The van der Waals surface area contributed by atoms with Gasteiger partial charge in [-0.2, -0.15) is 0 Å². The van der Waals surface area contributed by atoms with Crippen LogP contribution in [0.5, 0.6) is 5.75 Å². The number of methoxy groups -OCH3 is 1. The maximum Gasteiger partial charge on any atom is 0.333 e. The molecule has 7 nitrogen and oxygen atoms in total. The van der Waals surface area contributed by atoms with Gasteiger partial charge in [0.15, 0.2) is 0 Å². The monoisotopic (exact) mass is 424 g/mol. The molecule has 1 aliphatic rings. The Morgan fingerprint density at radius 1 is 1.20 bits per heavy atom. The van der Waals surface area contributed by atoms with E-state index in [4.69, 9.17) is 21.1 Å². The van der Waals surface area contributed by atoms with E-state index in [-0.39, 0.29) is 17.9 Å². The summed E-state index contributed by atoms with van der Waals surface area (Å²) in [5.74, 6) is -1.46. The Hall–Kier alpha value is -3.58. The smallest absolute Gasteiger partial charge is 0.333 e. The summed E-state index contributed by atoms with van der Waals surface area (Å²) in [5, 5.41) is 3.69. The van der Waals surface area contributed by atoms with Crippen molar-refractivity contribution >= 4 is 40.2 Å². The van der Waals surface area contributed by atoms with E-state index in [9.17, 15) is 14.4 Å². The molecule has 0 bridgehead atoms. The van der Waals surface area contributed by atoms with Gasteiger partial charge in [-0.15, -0.1) is 0 Å². The number of halogens is 1. The second-order valence-corrected chi connectivity index (χ2v) is 7.18. The number of ether oxygens (including phenoxy) is 2. The predicted molar refractivity (Wildman–Crippen MR) is 111 cm³/mol. The van der Waals surface area contributed by atoms with Crippen LogP contribution < -0.4 is 10.1 Å². The van der Waals surface area contributed by atoms with Crippen molar-refractivity contribution in [2.24, 2.45) is 0 Å². The fourth-order valence-corrected chi connectivity index (χ4v) is 3.39. The first kappa shape index (κ1) is 19.7. The van der Waals surface area contributed by atoms with Crippen molar-refractivity contribution in [2.75, 3.05) is 13.7 Å². The normalized spacial score (nSPS) is 13.1. The summed E-state index contributed by atoms with van der Waals surface area (Å²) in [6.07, 6.45) is 2.80. The number of ketones is 1. The van der Waals surface area contributed by atoms with E-state index in [1.807, 2.05) is 22.8 Å². The number of Topliss-reactive ketones (excluding diaryl/α,β-unsaturated/α-hetero) is 1. The van der Waals surface area contributed by atoms with Crippen LogP contribution in [0.1, 0.15) is 15.9 Å². The maximum absolute atomic E-state index is 12.9. The van der Waals surface area contributed by atoms with E-state index in [1.54, 1.807) is 37.6 Å². The maximum atomic E-state index is 12.9. The zero-order chi connectivity index (χ0) is 21.3. The topological polar surface area (TPSA) is 86.6 Å². The van der Waals surface area contributed by atoms with E-state index in [2.05, 4.69) is 5.32 Å². The molecule has 1 aromatic heterocycles. The second-order valence-electron chi connectivity index (χ2n) is 6.74. The van der Waals surface area contributed by atoms with Gasteiger partial charge < -0.3 is 19.4 Å². The van der Waals surface area contributed by atoms with Gasteiger partial charge in [-0.25, -0.2) is 4.79 Å². The standard InChI is InChI=1S/C22H17ClN2O5/c1-29-16-6-7-17-18(21(27)22(28)24-15-8-20(26)30-12-15)11-25(19(17)9-16)10-13-2-4-14(23)5-3-13/h2-9,11H,10,12H2,1H3,(H,24,28). The highest BCUT2D eigenvalue weighted by molar-refractivity contribution is 6.45. The second kappa shape index (κ2) is 8.04. The van der Waals surface area contributed by atoms with Crippen LogP contribution in [0.25, 0.3) is 10.9 Å². The summed E-state index contributed by atoms with van der Waals surface area (Å²) < 4.78 is 11.9. The first-order chi connectivity index (χ1) is 14.4. The molecule has 0 fully saturated rings. The van der Waals surface area contributed by atoms with Gasteiger partial charge in [-0.3, -0.25) is 9.59 Å².